The van der Waals surface area contributed by atoms with Crippen molar-refractivity contribution in [3.8, 4) is 0 Å². The van der Waals surface area contributed by atoms with Gasteiger partial charge in [0.2, 0.25) is 0 Å². The van der Waals surface area contributed by atoms with Crippen LogP contribution in [0.3, 0.4) is 0 Å². The van der Waals surface area contributed by atoms with E-state index in [-0.39, 0.29) is 42.3 Å². The van der Waals surface area contributed by atoms with Gasteiger partial charge in [-0.3, -0.25) is 10.1 Å². The van der Waals surface area contributed by atoms with Crippen molar-refractivity contribution >= 4 is 18.0 Å². The van der Waals surface area contributed by atoms with Gasteiger partial charge in [-0.05, 0) is 56.9 Å². The number of nitrogens with zero attached hydrogens (tertiary/aromatic N) is 1. The molecule has 1 fully saturated rings. The zero-order chi connectivity index (χ0) is 25.4. The van der Waals surface area contributed by atoms with Gasteiger partial charge in [0, 0.05) is 29.3 Å². The van der Waals surface area contributed by atoms with Crippen LogP contribution in [-0.4, -0.2) is 36.7 Å². The highest BCUT2D eigenvalue weighted by Gasteiger charge is 2.24. The Kier molecular flexibility index (Phi) is 9.04. The second kappa shape index (κ2) is 12.2. The van der Waals surface area contributed by atoms with E-state index in [1.165, 1.54) is 6.07 Å². The number of amides is 2. The average Bonchev–Trinajstić information content (AvgIpc) is 2.81. The van der Waals surface area contributed by atoms with E-state index in [0.717, 1.165) is 30.3 Å². The van der Waals surface area contributed by atoms with Crippen molar-refractivity contribution in [2.75, 3.05) is 6.61 Å². The summed E-state index contributed by atoms with van der Waals surface area (Å²) in [5, 5.41) is 8.39. The topological polar surface area (TPSA) is 91.8 Å². The van der Waals surface area contributed by atoms with Gasteiger partial charge in [-0.2, -0.15) is 0 Å². The second-order valence-corrected chi connectivity index (χ2v) is 8.04. The van der Waals surface area contributed by atoms with Crippen LogP contribution in [0.5, 0.6) is 0 Å². The van der Waals surface area contributed by atoms with Crippen molar-refractivity contribution < 1.29 is 31.9 Å². The monoisotopic (exact) mass is 494 g/mol. The van der Waals surface area contributed by atoms with E-state index in [4.69, 9.17) is 4.74 Å². The third kappa shape index (κ3) is 7.69. The molecular formula is C24H26F4N4O3. The first-order chi connectivity index (χ1) is 16.7. The Morgan fingerprint density at radius 1 is 0.914 bits per heavy atom. The fraction of sp³-hybridized carbons (Fsp3) is 0.375. The zero-order valence-corrected chi connectivity index (χ0v) is 19.0. The van der Waals surface area contributed by atoms with E-state index >= 15 is 0 Å². The maximum Gasteiger partial charge on any atom is 0.407 e. The number of guanidine groups is 1. The van der Waals surface area contributed by atoms with Gasteiger partial charge in [0.1, 0.15) is 11.6 Å². The maximum absolute atomic E-state index is 14.0. The SMILES string of the molecule is CCOC(=O)NC1CCC(NC(=NCc2ccc(F)cc2F)NC(=O)c2ccc(F)c(F)c2)CC1. The van der Waals surface area contributed by atoms with Gasteiger partial charge < -0.3 is 15.4 Å². The summed E-state index contributed by atoms with van der Waals surface area (Å²) < 4.78 is 58.9. The highest BCUT2D eigenvalue weighted by atomic mass is 19.2. The summed E-state index contributed by atoms with van der Waals surface area (Å²) in [7, 11) is 0. The molecule has 0 aromatic heterocycles. The molecule has 2 aromatic carbocycles. The lowest BCUT2D eigenvalue weighted by molar-refractivity contribution is 0.0974. The van der Waals surface area contributed by atoms with Crippen LogP contribution in [0.1, 0.15) is 48.5 Å². The van der Waals surface area contributed by atoms with E-state index in [0.29, 0.717) is 25.7 Å². The van der Waals surface area contributed by atoms with E-state index in [9.17, 15) is 27.2 Å². The van der Waals surface area contributed by atoms with Crippen molar-refractivity contribution in [2.24, 2.45) is 4.99 Å². The first-order valence-electron chi connectivity index (χ1n) is 11.2. The molecule has 7 nitrogen and oxygen atoms in total. The van der Waals surface area contributed by atoms with E-state index < -0.39 is 35.3 Å². The number of carbonyl (C=O) groups is 2. The third-order valence-electron chi connectivity index (χ3n) is 5.50. The smallest absolute Gasteiger partial charge is 0.407 e. The number of alkyl carbamates (subject to hydrolysis) is 1. The van der Waals surface area contributed by atoms with Crippen LogP contribution in [0.4, 0.5) is 22.4 Å². The summed E-state index contributed by atoms with van der Waals surface area (Å²) >= 11 is 0. The van der Waals surface area contributed by atoms with Crippen molar-refractivity contribution in [1.29, 1.82) is 0 Å². The van der Waals surface area contributed by atoms with Gasteiger partial charge in [0.05, 0.1) is 13.2 Å². The lowest BCUT2D eigenvalue weighted by Crippen LogP contribution is -2.49. The highest BCUT2D eigenvalue weighted by molar-refractivity contribution is 6.05. The van der Waals surface area contributed by atoms with Gasteiger partial charge in [-0.1, -0.05) is 6.07 Å². The fourth-order valence-electron chi connectivity index (χ4n) is 3.67. The lowest BCUT2D eigenvalue weighted by Gasteiger charge is -2.30. The summed E-state index contributed by atoms with van der Waals surface area (Å²) in [5.74, 6) is -4.52. The molecule has 0 radical (unpaired) electrons. The molecule has 0 spiro atoms. The summed E-state index contributed by atoms with van der Waals surface area (Å²) in [6.45, 7) is 1.79. The fourth-order valence-corrected chi connectivity index (χ4v) is 3.67. The molecule has 11 heteroatoms. The number of halogens is 4. The van der Waals surface area contributed by atoms with Crippen LogP contribution < -0.4 is 16.0 Å². The molecule has 0 aliphatic heterocycles. The van der Waals surface area contributed by atoms with Gasteiger partial charge in [-0.25, -0.2) is 27.3 Å². The summed E-state index contributed by atoms with van der Waals surface area (Å²) in [6.07, 6.45) is 2.07. The Balaban J connectivity index is 1.69. The van der Waals surface area contributed by atoms with Gasteiger partial charge in [0.15, 0.2) is 17.6 Å². The quantitative estimate of drug-likeness (QED) is 0.319. The van der Waals surface area contributed by atoms with E-state index in [2.05, 4.69) is 20.9 Å². The van der Waals surface area contributed by atoms with E-state index in [1.807, 2.05) is 0 Å². The largest absolute Gasteiger partial charge is 0.450 e. The summed E-state index contributed by atoms with van der Waals surface area (Å²) in [4.78, 5) is 28.5. The number of benzene rings is 2. The summed E-state index contributed by atoms with van der Waals surface area (Å²) in [5.41, 5.74) is -0.0242. The molecule has 2 amide bonds. The molecule has 0 heterocycles. The van der Waals surface area contributed by atoms with Crippen LogP contribution in [0.2, 0.25) is 0 Å². The zero-order valence-electron chi connectivity index (χ0n) is 19.0. The second-order valence-electron chi connectivity index (χ2n) is 8.04. The third-order valence-corrected chi connectivity index (χ3v) is 5.50. The molecule has 1 aliphatic carbocycles. The first kappa shape index (κ1) is 26.0. The Labute approximate surface area is 200 Å². The van der Waals surface area contributed by atoms with Crippen LogP contribution in [0.25, 0.3) is 0 Å². The number of hydrogen-bond donors (Lipinski definition) is 3. The van der Waals surface area contributed by atoms with Gasteiger partial charge >= 0.3 is 6.09 Å². The number of hydrogen-bond acceptors (Lipinski definition) is 4. The first-order valence-corrected chi connectivity index (χ1v) is 11.2. The number of rotatable bonds is 6. The molecule has 1 saturated carbocycles. The minimum absolute atomic E-state index is 0.00487. The van der Waals surface area contributed by atoms with E-state index in [1.54, 1.807) is 6.92 Å². The van der Waals surface area contributed by atoms with Crippen LogP contribution in [-0.2, 0) is 11.3 Å². The minimum Gasteiger partial charge on any atom is -0.450 e. The van der Waals surface area contributed by atoms with Gasteiger partial charge in [-0.15, -0.1) is 0 Å². The molecule has 0 bridgehead atoms. The van der Waals surface area contributed by atoms with Crippen molar-refractivity contribution in [3.05, 3.63) is 70.8 Å². The standard InChI is InChI=1S/C24H26F4N4O3/c1-2-35-24(34)31-18-8-6-17(7-9-18)30-23(29-13-15-3-5-16(25)12-20(15)27)32-22(33)14-4-10-19(26)21(28)11-14/h3-5,10-12,17-18H,2,6-9,13H2,1H3,(H,31,34)(H2,29,30,32,33). The number of carbonyl (C=O) groups excluding carboxylic acids is 2. The number of nitrogens with one attached hydrogen (secondary N) is 3. The molecule has 0 saturated heterocycles. The number of aliphatic imine (C=N–C) groups is 1. The maximum atomic E-state index is 14.0. The molecule has 0 atom stereocenters. The Bertz CT molecular complexity index is 1090. The molecule has 35 heavy (non-hydrogen) atoms. The van der Waals surface area contributed by atoms with Crippen molar-refractivity contribution in [1.82, 2.24) is 16.0 Å². The van der Waals surface area contributed by atoms with Crippen LogP contribution in [0.15, 0.2) is 41.4 Å². The molecule has 2 aromatic rings. The average molecular weight is 494 g/mol. The van der Waals surface area contributed by atoms with Gasteiger partial charge in [0.25, 0.3) is 5.91 Å². The predicted octanol–water partition coefficient (Wildman–Crippen LogP) is 4.18. The molecule has 1 aliphatic rings. The Morgan fingerprint density at radius 2 is 1.60 bits per heavy atom. The molecule has 188 valence electrons. The molecule has 3 rings (SSSR count). The lowest BCUT2D eigenvalue weighted by atomic mass is 9.91. The molecule has 0 unspecified atom stereocenters. The Morgan fingerprint density at radius 3 is 2.23 bits per heavy atom. The number of ether oxygens (including phenoxy) is 1. The van der Waals surface area contributed by atoms with Crippen molar-refractivity contribution in [2.45, 2.75) is 51.2 Å². The molecular weight excluding hydrogens is 468 g/mol. The van der Waals surface area contributed by atoms with Crippen LogP contribution in [0, 0.1) is 23.3 Å². The molecule has 3 N–H and O–H groups in total. The summed E-state index contributed by atoms with van der Waals surface area (Å²) in [6, 6.07) is 5.60. The predicted molar refractivity (Wildman–Crippen MR) is 121 cm³/mol. The normalized spacial score (nSPS) is 18.0. The van der Waals surface area contributed by atoms with Crippen molar-refractivity contribution in [3.63, 3.8) is 0 Å². The highest BCUT2D eigenvalue weighted by Crippen LogP contribution is 2.19. The minimum atomic E-state index is -1.18. The van der Waals surface area contributed by atoms with Crippen LogP contribution >= 0.6 is 0 Å². The Hall–Kier alpha value is -3.63.